The van der Waals surface area contributed by atoms with Gasteiger partial charge in [0.2, 0.25) is 12.7 Å². The van der Waals surface area contributed by atoms with Crippen LogP contribution in [-0.2, 0) is 4.79 Å². The number of thiophene rings is 1. The van der Waals surface area contributed by atoms with E-state index in [9.17, 15) is 14.9 Å². The predicted octanol–water partition coefficient (Wildman–Crippen LogP) is 3.89. The highest BCUT2D eigenvalue weighted by atomic mass is 32.1. The first-order valence-corrected chi connectivity index (χ1v) is 8.80. The SMILES string of the molecule is Cc1cc(C(C)NC(=O)/C=C/c2cc3c(cc2[N+](=O)[O-])OCO3)c(C)s1. The normalized spacial score (nSPS) is 13.8. The van der Waals surface area contributed by atoms with E-state index < -0.39 is 4.92 Å². The lowest BCUT2D eigenvalue weighted by Gasteiger charge is -2.12. The number of hydrogen-bond donors (Lipinski definition) is 1. The molecule has 0 fully saturated rings. The fourth-order valence-corrected chi connectivity index (χ4v) is 3.85. The van der Waals surface area contributed by atoms with Crippen LogP contribution in [0.3, 0.4) is 0 Å². The molecule has 2 heterocycles. The molecule has 0 aliphatic carbocycles. The Hall–Kier alpha value is -2.87. The van der Waals surface area contributed by atoms with Crippen molar-refractivity contribution >= 4 is 29.0 Å². The van der Waals surface area contributed by atoms with Crippen molar-refractivity contribution < 1.29 is 19.2 Å². The van der Waals surface area contributed by atoms with Crippen LogP contribution in [0.25, 0.3) is 6.08 Å². The molecule has 1 unspecified atom stereocenters. The van der Waals surface area contributed by atoms with Crippen molar-refractivity contribution in [3.8, 4) is 11.5 Å². The molecule has 0 bridgehead atoms. The molecule has 0 spiro atoms. The van der Waals surface area contributed by atoms with Crippen molar-refractivity contribution in [2.45, 2.75) is 26.8 Å². The molecule has 0 radical (unpaired) electrons. The average Bonchev–Trinajstić information content (AvgIpc) is 3.16. The van der Waals surface area contributed by atoms with Crippen LogP contribution in [0.5, 0.6) is 11.5 Å². The van der Waals surface area contributed by atoms with Gasteiger partial charge in [-0.1, -0.05) is 0 Å². The topological polar surface area (TPSA) is 90.7 Å². The number of hydrogen-bond acceptors (Lipinski definition) is 6. The number of amides is 1. The van der Waals surface area contributed by atoms with Crippen molar-refractivity contribution in [1.29, 1.82) is 0 Å². The van der Waals surface area contributed by atoms with Crippen molar-refractivity contribution in [1.82, 2.24) is 5.32 Å². The Kier molecular flexibility index (Phi) is 4.94. The van der Waals surface area contributed by atoms with E-state index in [-0.39, 0.29) is 30.0 Å². The summed E-state index contributed by atoms with van der Waals surface area (Å²) in [7, 11) is 0. The molecule has 2 aromatic rings. The zero-order valence-electron chi connectivity index (χ0n) is 14.6. The summed E-state index contributed by atoms with van der Waals surface area (Å²) < 4.78 is 10.4. The zero-order chi connectivity index (χ0) is 18.8. The maximum atomic E-state index is 12.2. The summed E-state index contributed by atoms with van der Waals surface area (Å²) in [6.45, 7) is 5.97. The Bertz CT molecular complexity index is 903. The molecule has 1 aliphatic rings. The van der Waals surface area contributed by atoms with E-state index in [4.69, 9.17) is 9.47 Å². The van der Waals surface area contributed by atoms with E-state index in [1.54, 1.807) is 11.3 Å². The second kappa shape index (κ2) is 7.17. The first kappa shape index (κ1) is 17.9. The van der Waals surface area contributed by atoms with Crippen LogP contribution in [-0.4, -0.2) is 17.6 Å². The number of carbonyl (C=O) groups is 1. The number of nitro benzene ring substituents is 1. The third-order valence-corrected chi connectivity index (χ3v) is 5.02. The summed E-state index contributed by atoms with van der Waals surface area (Å²) in [4.78, 5) is 25.3. The average molecular weight is 374 g/mol. The summed E-state index contributed by atoms with van der Waals surface area (Å²) in [5.74, 6) is 0.427. The monoisotopic (exact) mass is 374 g/mol. The fraction of sp³-hybridized carbons (Fsp3) is 0.278. The Labute approximate surface area is 154 Å². The summed E-state index contributed by atoms with van der Waals surface area (Å²) >= 11 is 1.68. The van der Waals surface area contributed by atoms with Crippen molar-refractivity contribution in [3.63, 3.8) is 0 Å². The maximum absolute atomic E-state index is 12.2. The molecule has 1 aromatic carbocycles. The second-order valence-corrected chi connectivity index (χ2v) is 7.41. The number of rotatable bonds is 5. The molecule has 3 rings (SSSR count). The Morgan fingerprint density at radius 1 is 1.31 bits per heavy atom. The molecule has 1 N–H and O–H groups in total. The van der Waals surface area contributed by atoms with Gasteiger partial charge in [0.05, 0.1) is 22.6 Å². The van der Waals surface area contributed by atoms with Crippen molar-refractivity contribution in [2.75, 3.05) is 6.79 Å². The number of nitro groups is 1. The van der Waals surface area contributed by atoms with E-state index in [0.29, 0.717) is 11.5 Å². The minimum Gasteiger partial charge on any atom is -0.454 e. The molecule has 0 saturated heterocycles. The fourth-order valence-electron chi connectivity index (χ4n) is 2.82. The molecule has 8 heteroatoms. The van der Waals surface area contributed by atoms with Crippen LogP contribution >= 0.6 is 11.3 Å². The van der Waals surface area contributed by atoms with Gasteiger partial charge in [-0.15, -0.1) is 11.3 Å². The van der Waals surface area contributed by atoms with Crippen molar-refractivity contribution in [3.05, 3.63) is 55.3 Å². The van der Waals surface area contributed by atoms with Crippen LogP contribution in [0.1, 0.15) is 33.8 Å². The van der Waals surface area contributed by atoms with Crippen LogP contribution in [0.15, 0.2) is 24.3 Å². The largest absolute Gasteiger partial charge is 0.454 e. The Balaban J connectivity index is 1.76. The molecule has 1 aliphatic heterocycles. The van der Waals surface area contributed by atoms with Gasteiger partial charge in [-0.3, -0.25) is 14.9 Å². The van der Waals surface area contributed by atoms with E-state index >= 15 is 0 Å². The van der Waals surface area contributed by atoms with Crippen LogP contribution in [0, 0.1) is 24.0 Å². The van der Waals surface area contributed by atoms with E-state index in [0.717, 1.165) is 10.4 Å². The predicted molar refractivity (Wildman–Crippen MR) is 98.6 cm³/mol. The number of nitrogens with one attached hydrogen (secondary N) is 1. The number of benzene rings is 1. The Morgan fingerprint density at radius 3 is 2.62 bits per heavy atom. The van der Waals surface area contributed by atoms with E-state index in [1.807, 2.05) is 20.8 Å². The van der Waals surface area contributed by atoms with Gasteiger partial charge in [-0.25, -0.2) is 0 Å². The molecule has 7 nitrogen and oxygen atoms in total. The lowest BCUT2D eigenvalue weighted by molar-refractivity contribution is -0.385. The van der Waals surface area contributed by atoms with Crippen LogP contribution < -0.4 is 14.8 Å². The number of carbonyl (C=O) groups excluding carboxylic acids is 1. The number of nitrogens with zero attached hydrogens (tertiary/aromatic N) is 1. The quantitative estimate of drug-likeness (QED) is 0.487. The minimum absolute atomic E-state index is 0.0249. The minimum atomic E-state index is -0.514. The molecule has 1 atom stereocenters. The van der Waals surface area contributed by atoms with Gasteiger partial charge in [0.15, 0.2) is 11.5 Å². The molecular formula is C18H18N2O5S. The highest BCUT2D eigenvalue weighted by molar-refractivity contribution is 7.12. The van der Waals surface area contributed by atoms with Crippen LogP contribution in [0.4, 0.5) is 5.69 Å². The smallest absolute Gasteiger partial charge is 0.280 e. The standard InChI is InChI=1S/C18H18N2O5S/c1-10-6-14(12(3)26-10)11(2)19-18(21)5-4-13-7-16-17(25-9-24-16)8-15(13)20(22)23/h4-8,11H,9H2,1-3H3,(H,19,21)/b5-4+. The molecule has 1 aromatic heterocycles. The summed E-state index contributed by atoms with van der Waals surface area (Å²) in [6, 6.07) is 4.71. The van der Waals surface area contributed by atoms with Crippen LogP contribution in [0.2, 0.25) is 0 Å². The highest BCUT2D eigenvalue weighted by Gasteiger charge is 2.22. The van der Waals surface area contributed by atoms with Gasteiger partial charge < -0.3 is 14.8 Å². The molecule has 1 amide bonds. The highest BCUT2D eigenvalue weighted by Crippen LogP contribution is 2.38. The zero-order valence-corrected chi connectivity index (χ0v) is 15.4. The van der Waals surface area contributed by atoms with Crippen molar-refractivity contribution in [2.24, 2.45) is 0 Å². The summed E-state index contributed by atoms with van der Waals surface area (Å²) in [6.07, 6.45) is 2.70. The number of fused-ring (bicyclic) bond motifs is 1. The molecular weight excluding hydrogens is 356 g/mol. The molecule has 26 heavy (non-hydrogen) atoms. The van der Waals surface area contributed by atoms with E-state index in [2.05, 4.69) is 11.4 Å². The van der Waals surface area contributed by atoms with Gasteiger partial charge in [0.25, 0.3) is 5.69 Å². The van der Waals surface area contributed by atoms with Gasteiger partial charge in [0.1, 0.15) is 0 Å². The lowest BCUT2D eigenvalue weighted by Crippen LogP contribution is -2.24. The first-order chi connectivity index (χ1) is 12.3. The first-order valence-electron chi connectivity index (χ1n) is 7.98. The van der Waals surface area contributed by atoms with Gasteiger partial charge in [-0.2, -0.15) is 0 Å². The third-order valence-electron chi connectivity index (χ3n) is 4.04. The summed E-state index contributed by atoms with van der Waals surface area (Å²) in [5.41, 5.74) is 1.21. The third kappa shape index (κ3) is 3.70. The van der Waals surface area contributed by atoms with Gasteiger partial charge in [0, 0.05) is 15.8 Å². The number of ether oxygens (including phenoxy) is 2. The second-order valence-electron chi connectivity index (χ2n) is 5.95. The van der Waals surface area contributed by atoms with E-state index in [1.165, 1.54) is 29.2 Å². The number of aryl methyl sites for hydroxylation is 2. The molecule has 136 valence electrons. The summed E-state index contributed by atoms with van der Waals surface area (Å²) in [5, 5.41) is 14.1. The lowest BCUT2D eigenvalue weighted by atomic mass is 10.1. The van der Waals surface area contributed by atoms with Gasteiger partial charge >= 0.3 is 0 Å². The molecule has 0 saturated carbocycles. The van der Waals surface area contributed by atoms with Gasteiger partial charge in [-0.05, 0) is 44.5 Å². The maximum Gasteiger partial charge on any atom is 0.280 e. The Morgan fingerprint density at radius 2 is 2.00 bits per heavy atom.